The maximum absolute atomic E-state index is 5.14. The summed E-state index contributed by atoms with van der Waals surface area (Å²) in [5.74, 6) is 0.727. The van der Waals surface area contributed by atoms with Crippen molar-refractivity contribution < 1.29 is 0 Å². The zero-order chi connectivity index (χ0) is 88.0. The third-order valence-corrected chi connectivity index (χ3v) is 29.1. The molecule has 7 heteroatoms. The number of fused-ring (bicyclic) bond motifs is 33. The van der Waals surface area contributed by atoms with Gasteiger partial charge in [-0.05, 0) is 195 Å². The molecule has 19 aromatic carbocycles. The van der Waals surface area contributed by atoms with Crippen LogP contribution in [0.1, 0.15) is 74.9 Å². The Morgan fingerprint density at radius 2 is 0.568 bits per heavy atom. The van der Waals surface area contributed by atoms with Gasteiger partial charge in [0.2, 0.25) is 0 Å². The Bertz CT molecular complexity index is 8820. The van der Waals surface area contributed by atoms with Crippen LogP contribution in [0.4, 0.5) is 0 Å². The van der Waals surface area contributed by atoms with E-state index in [0.29, 0.717) is 0 Å². The number of benzene rings is 19. The van der Waals surface area contributed by atoms with Crippen LogP contribution in [0.25, 0.3) is 226 Å². The van der Waals surface area contributed by atoms with Crippen molar-refractivity contribution in [2.24, 2.45) is 0 Å². The van der Waals surface area contributed by atoms with Crippen LogP contribution in [-0.4, -0.2) is 33.6 Å². The van der Waals surface area contributed by atoms with Gasteiger partial charge in [-0.15, -0.1) is 0 Å². The summed E-state index contributed by atoms with van der Waals surface area (Å²) in [5.41, 5.74) is 36.3. The maximum Gasteiger partial charge on any atom is 0.160 e. The van der Waals surface area contributed by atoms with E-state index in [4.69, 9.17) is 19.9 Å². The Hall–Kier alpha value is -16.5. The SMILES string of the molecule is CC1(C)c2ccccc2-c2c1c1c(c3ccccc23)c2ccccc2n1-c1ccc(-c2cc3ccccc3cn2)cc1.CC1(C)c2ccccc2-c2c1c1c(c3ccccc23)c2ccccc2n1-c1ccc(-c2ccc3ccccc3n2)cc1.CC1(C)c2ccccc2-c2c1c1c(c3ccccc23)c2ccccc2n1-c1ccc(-c2nc(-c3ccccc3)c3ccccc3n2)cc1. The Morgan fingerprint density at radius 1 is 0.227 bits per heavy atom. The fourth-order valence-corrected chi connectivity index (χ4v) is 23.2. The predicted molar refractivity (Wildman–Crippen MR) is 553 cm³/mol. The predicted octanol–water partition coefficient (Wildman–Crippen LogP) is 32.4. The first kappa shape index (κ1) is 76.7. The normalized spacial score (nSPS) is 13.6. The molecular weight excluding hydrogens is 1600 g/mol. The molecule has 0 spiro atoms. The minimum Gasteiger partial charge on any atom is -0.309 e. The molecule has 0 fully saturated rings. The van der Waals surface area contributed by atoms with Gasteiger partial charge < -0.3 is 13.7 Å². The van der Waals surface area contributed by atoms with E-state index in [-0.39, 0.29) is 16.2 Å². The topological polar surface area (TPSA) is 66.3 Å². The minimum absolute atomic E-state index is 0.144. The monoisotopic (exact) mass is 1690 g/mol. The number of rotatable bonds is 7. The number of nitrogens with zero attached hydrogens (tertiary/aromatic N) is 7. The standard InChI is InChI=1S/C45H31N3.2C40H28N2/c1-45(2)36-21-11-8-18-33(36)39-31-16-6-7-17-32(31)40-35-20-10-13-23-38(35)48(43(40)41(39)45)30-26-24-29(25-27-30)44-46-37-22-12-9-19-34(37)42(47-44)28-14-4-3-5-15-28;1-40(2)32-16-8-6-14-30(32)36-28-12-4-5-13-29(28)37-31-15-7-10-18-35(31)42(39(37)38(36)40)27-22-19-26(20-23-27)34-24-21-25-11-3-9-17-33(25)41-34;1-40(2)33-17-9-7-15-31(33)36-29-13-5-6-14-30(29)37-32-16-8-10-18-35(32)42(39(37)38(36)40)28-21-19-25(20-22-28)34-23-26-11-3-4-12-27(26)24-41-34/h3-27H,1-2H3;2*3-24H,1-2H3. The van der Waals surface area contributed by atoms with Crippen LogP contribution in [-0.2, 0) is 16.2 Å². The van der Waals surface area contributed by atoms with Gasteiger partial charge in [0.05, 0.1) is 61.2 Å². The van der Waals surface area contributed by atoms with Crippen molar-refractivity contribution in [2.45, 2.75) is 57.8 Å². The first-order chi connectivity index (χ1) is 64.8. The van der Waals surface area contributed by atoms with Crippen molar-refractivity contribution in [1.29, 1.82) is 0 Å². The average molecular weight is 1690 g/mol. The van der Waals surface area contributed by atoms with Crippen molar-refractivity contribution in [3.05, 3.63) is 452 Å². The van der Waals surface area contributed by atoms with E-state index in [2.05, 4.69) is 450 Å². The van der Waals surface area contributed by atoms with Gasteiger partial charge in [-0.1, -0.05) is 363 Å². The first-order valence-corrected chi connectivity index (χ1v) is 45.9. The van der Waals surface area contributed by atoms with Crippen LogP contribution in [0, 0.1) is 0 Å². The quantitative estimate of drug-likeness (QED) is 0.159. The smallest absolute Gasteiger partial charge is 0.160 e. The molecule has 3 aliphatic rings. The molecule has 0 N–H and O–H groups in total. The first-order valence-electron chi connectivity index (χ1n) is 45.9. The number of para-hydroxylation sites is 5. The second-order valence-corrected chi connectivity index (χ2v) is 37.4. The molecule has 0 saturated heterocycles. The lowest BCUT2D eigenvalue weighted by molar-refractivity contribution is 0.664. The maximum atomic E-state index is 5.14. The van der Waals surface area contributed by atoms with Gasteiger partial charge in [-0.25, -0.2) is 15.0 Å². The summed E-state index contributed by atoms with van der Waals surface area (Å²) in [7, 11) is 0. The summed E-state index contributed by atoms with van der Waals surface area (Å²) in [6.07, 6.45) is 1.97. The zero-order valence-electron chi connectivity index (χ0n) is 74.0. The van der Waals surface area contributed by atoms with Crippen molar-refractivity contribution in [2.75, 3.05) is 0 Å². The van der Waals surface area contributed by atoms with E-state index in [1.165, 1.54) is 170 Å². The van der Waals surface area contributed by atoms with Gasteiger partial charge in [0.25, 0.3) is 0 Å². The van der Waals surface area contributed by atoms with Crippen molar-refractivity contribution in [3.8, 4) is 95.6 Å². The highest BCUT2D eigenvalue weighted by molar-refractivity contribution is 6.30. The number of hydrogen-bond donors (Lipinski definition) is 0. The molecule has 0 unspecified atom stereocenters. The summed E-state index contributed by atoms with van der Waals surface area (Å²) in [5, 5.41) is 20.3. The summed E-state index contributed by atoms with van der Waals surface area (Å²) in [6, 6.07) is 149. The molecule has 0 saturated carbocycles. The highest BCUT2D eigenvalue weighted by Crippen LogP contribution is 2.61. The largest absolute Gasteiger partial charge is 0.309 e. The van der Waals surface area contributed by atoms with E-state index < -0.39 is 0 Å². The number of hydrogen-bond acceptors (Lipinski definition) is 4. The number of aromatic nitrogens is 7. The molecule has 6 aromatic heterocycles. The van der Waals surface area contributed by atoms with E-state index in [9.17, 15) is 0 Å². The molecule has 6 heterocycles. The second-order valence-electron chi connectivity index (χ2n) is 37.4. The van der Waals surface area contributed by atoms with Crippen molar-refractivity contribution in [1.82, 2.24) is 33.6 Å². The van der Waals surface area contributed by atoms with Gasteiger partial charge >= 0.3 is 0 Å². The average Bonchev–Trinajstić information content (AvgIpc) is 1.53. The molecule has 132 heavy (non-hydrogen) atoms. The summed E-state index contributed by atoms with van der Waals surface area (Å²) < 4.78 is 7.49. The van der Waals surface area contributed by atoms with Gasteiger partial charge in [0.15, 0.2) is 5.82 Å². The molecule has 0 amide bonds. The van der Waals surface area contributed by atoms with Crippen LogP contribution >= 0.6 is 0 Å². The van der Waals surface area contributed by atoms with Crippen LogP contribution in [0.5, 0.6) is 0 Å². The van der Waals surface area contributed by atoms with Crippen LogP contribution < -0.4 is 0 Å². The molecule has 622 valence electrons. The summed E-state index contributed by atoms with van der Waals surface area (Å²) in [6.45, 7) is 14.3. The van der Waals surface area contributed by atoms with Crippen LogP contribution in [0.2, 0.25) is 0 Å². The molecule has 3 aliphatic carbocycles. The van der Waals surface area contributed by atoms with Gasteiger partial charge in [-0.2, -0.15) is 0 Å². The highest BCUT2D eigenvalue weighted by Gasteiger charge is 2.44. The zero-order valence-corrected chi connectivity index (χ0v) is 74.0. The van der Waals surface area contributed by atoms with Crippen LogP contribution in [0.3, 0.4) is 0 Å². The molecule has 0 radical (unpaired) electrons. The fraction of sp³-hybridized carbons (Fsp3) is 0.0720. The van der Waals surface area contributed by atoms with E-state index in [0.717, 1.165) is 89.4 Å². The Balaban J connectivity index is 0.000000104. The molecule has 0 bridgehead atoms. The Labute approximate surface area is 764 Å². The van der Waals surface area contributed by atoms with Crippen molar-refractivity contribution in [3.63, 3.8) is 0 Å². The lowest BCUT2D eigenvalue weighted by Gasteiger charge is -2.24. The lowest BCUT2D eigenvalue weighted by atomic mass is 9.80. The lowest BCUT2D eigenvalue weighted by Crippen LogP contribution is -2.16. The minimum atomic E-state index is -0.174. The molecule has 0 aliphatic heterocycles. The second kappa shape index (κ2) is 29.3. The van der Waals surface area contributed by atoms with Gasteiger partial charge in [-0.3, -0.25) is 4.98 Å². The molecule has 7 nitrogen and oxygen atoms in total. The highest BCUT2D eigenvalue weighted by atomic mass is 15.0. The number of pyridine rings is 2. The Morgan fingerprint density at radius 3 is 1.02 bits per heavy atom. The van der Waals surface area contributed by atoms with Crippen molar-refractivity contribution >= 4 is 130 Å². The molecule has 0 atom stereocenters. The van der Waals surface area contributed by atoms with E-state index in [1.54, 1.807) is 0 Å². The fourth-order valence-electron chi connectivity index (χ4n) is 23.2. The molecular formula is C125H87N7. The molecule has 25 aromatic rings. The van der Waals surface area contributed by atoms with E-state index >= 15 is 0 Å². The summed E-state index contributed by atoms with van der Waals surface area (Å²) >= 11 is 0. The molecule has 28 rings (SSSR count). The Kier molecular flexibility index (Phi) is 17.0. The van der Waals surface area contributed by atoms with Gasteiger partial charge in [0, 0.05) is 110 Å². The van der Waals surface area contributed by atoms with Crippen LogP contribution in [0.15, 0.2) is 419 Å². The third-order valence-electron chi connectivity index (χ3n) is 29.1. The third kappa shape index (κ3) is 11.4. The summed E-state index contributed by atoms with van der Waals surface area (Å²) in [4.78, 5) is 19.9. The van der Waals surface area contributed by atoms with Gasteiger partial charge in [0.1, 0.15) is 0 Å². The van der Waals surface area contributed by atoms with E-state index in [1.807, 2.05) is 24.4 Å².